The summed E-state index contributed by atoms with van der Waals surface area (Å²) in [5.74, 6) is 0.659. The molecule has 0 saturated heterocycles. The first kappa shape index (κ1) is 12.4. The first-order chi connectivity index (χ1) is 8.52. The number of methoxy groups -OCH3 is 1. The number of ether oxygens (including phenoxy) is 1. The zero-order valence-corrected chi connectivity index (χ0v) is 10.8. The van der Waals surface area contributed by atoms with Gasteiger partial charge in [0.25, 0.3) is 0 Å². The Balaban J connectivity index is 2.26. The molecule has 0 aliphatic carbocycles. The van der Waals surface area contributed by atoms with Crippen molar-refractivity contribution in [3.63, 3.8) is 0 Å². The minimum Gasteiger partial charge on any atom is -0.452 e. The monoisotopic (exact) mass is 247 g/mol. The van der Waals surface area contributed by atoms with E-state index in [4.69, 9.17) is 0 Å². The van der Waals surface area contributed by atoms with Crippen LogP contribution in [-0.2, 0) is 11.2 Å². The van der Waals surface area contributed by atoms with Gasteiger partial charge >= 0.3 is 6.09 Å². The highest BCUT2D eigenvalue weighted by Crippen LogP contribution is 2.25. The quantitative estimate of drug-likeness (QED) is 0.685. The molecule has 0 saturated carbocycles. The molecule has 0 fully saturated rings. The van der Waals surface area contributed by atoms with E-state index < -0.39 is 6.09 Å². The lowest BCUT2D eigenvalue weighted by Crippen LogP contribution is -2.45. The number of hydrogen-bond acceptors (Lipinski definition) is 4. The molecule has 1 aromatic rings. The van der Waals surface area contributed by atoms with Crippen LogP contribution in [0.1, 0.15) is 25.0 Å². The number of hydrogen-bond donors (Lipinski definition) is 2. The summed E-state index contributed by atoms with van der Waals surface area (Å²) in [6, 6.07) is 8.01. The number of nitrogens with zero attached hydrogens (tertiary/aromatic N) is 1. The third-order valence-electron chi connectivity index (χ3n) is 2.78. The number of amidine groups is 1. The maximum Gasteiger partial charge on any atom is 0.425 e. The summed E-state index contributed by atoms with van der Waals surface area (Å²) in [4.78, 5) is 15.7. The van der Waals surface area contributed by atoms with Crippen LogP contribution in [0.15, 0.2) is 29.3 Å². The number of rotatable bonds is 0. The minimum absolute atomic E-state index is 0.186. The van der Waals surface area contributed by atoms with Gasteiger partial charge in [-0.2, -0.15) is 0 Å². The van der Waals surface area contributed by atoms with Gasteiger partial charge in [-0.15, -0.1) is 0 Å². The molecule has 18 heavy (non-hydrogen) atoms. The maximum atomic E-state index is 11.1. The number of aliphatic imine (C=N–C) groups is 1. The number of fused-ring (bicyclic) bond motifs is 1. The molecule has 5 heteroatoms. The van der Waals surface area contributed by atoms with Crippen molar-refractivity contribution >= 4 is 11.9 Å². The highest BCUT2D eigenvalue weighted by molar-refractivity contribution is 6.01. The Hall–Kier alpha value is -2.04. The van der Waals surface area contributed by atoms with Crippen molar-refractivity contribution in [1.82, 2.24) is 10.9 Å². The lowest BCUT2D eigenvalue weighted by Gasteiger charge is -2.29. The second kappa shape index (κ2) is 4.68. The molecule has 0 bridgehead atoms. The molecule has 1 aromatic carbocycles. The van der Waals surface area contributed by atoms with Crippen LogP contribution in [0.4, 0.5) is 4.79 Å². The molecule has 1 aliphatic heterocycles. The van der Waals surface area contributed by atoms with Crippen molar-refractivity contribution in [3.8, 4) is 0 Å². The van der Waals surface area contributed by atoms with E-state index in [-0.39, 0.29) is 5.54 Å². The number of carbonyl (C=O) groups excluding carboxylic acids is 1. The summed E-state index contributed by atoms with van der Waals surface area (Å²) in [7, 11) is 1.32. The summed E-state index contributed by atoms with van der Waals surface area (Å²) in [5.41, 5.74) is 7.28. The fourth-order valence-electron chi connectivity index (χ4n) is 2.03. The van der Waals surface area contributed by atoms with Crippen LogP contribution in [0.5, 0.6) is 0 Å². The predicted octanol–water partition coefficient (Wildman–Crippen LogP) is 1.63. The Morgan fingerprint density at radius 2 is 2.11 bits per heavy atom. The van der Waals surface area contributed by atoms with Crippen molar-refractivity contribution in [2.75, 3.05) is 7.11 Å². The second-order valence-electron chi connectivity index (χ2n) is 4.85. The Morgan fingerprint density at radius 1 is 1.39 bits per heavy atom. The molecule has 0 radical (unpaired) electrons. The van der Waals surface area contributed by atoms with Crippen LogP contribution in [0.3, 0.4) is 0 Å². The molecule has 1 aliphatic rings. The fraction of sp³-hybridized carbons (Fsp3) is 0.385. The topological polar surface area (TPSA) is 62.7 Å². The molecular weight excluding hydrogens is 230 g/mol. The van der Waals surface area contributed by atoms with Gasteiger partial charge < -0.3 is 4.74 Å². The van der Waals surface area contributed by atoms with Crippen LogP contribution < -0.4 is 10.9 Å². The second-order valence-corrected chi connectivity index (χ2v) is 4.85. The SMILES string of the molecule is COC(=O)NNC1=NC(C)(C)Cc2ccccc21. The van der Waals surface area contributed by atoms with Crippen LogP contribution in [0, 0.1) is 0 Å². The summed E-state index contributed by atoms with van der Waals surface area (Å²) < 4.78 is 4.51. The third kappa shape index (κ3) is 2.61. The smallest absolute Gasteiger partial charge is 0.425 e. The molecule has 2 rings (SSSR count). The first-order valence-corrected chi connectivity index (χ1v) is 5.80. The van der Waals surface area contributed by atoms with E-state index in [9.17, 15) is 4.79 Å². The van der Waals surface area contributed by atoms with Gasteiger partial charge in [-0.1, -0.05) is 24.3 Å². The summed E-state index contributed by atoms with van der Waals surface area (Å²) in [5, 5.41) is 0. The van der Waals surface area contributed by atoms with E-state index >= 15 is 0 Å². The summed E-state index contributed by atoms with van der Waals surface area (Å²) in [6.07, 6.45) is 0.339. The molecule has 0 atom stereocenters. The van der Waals surface area contributed by atoms with Gasteiger partial charge in [0.05, 0.1) is 12.6 Å². The summed E-state index contributed by atoms with van der Waals surface area (Å²) in [6.45, 7) is 4.12. The van der Waals surface area contributed by atoms with Crippen LogP contribution in [0.2, 0.25) is 0 Å². The molecular formula is C13H17N3O2. The van der Waals surface area contributed by atoms with Crippen molar-refractivity contribution in [3.05, 3.63) is 35.4 Å². The van der Waals surface area contributed by atoms with E-state index in [0.717, 1.165) is 12.0 Å². The molecule has 96 valence electrons. The lowest BCUT2D eigenvalue weighted by atomic mass is 9.89. The van der Waals surface area contributed by atoms with Gasteiger partial charge in [-0.3, -0.25) is 10.4 Å². The Morgan fingerprint density at radius 3 is 2.83 bits per heavy atom. The van der Waals surface area contributed by atoms with Gasteiger partial charge in [0.2, 0.25) is 0 Å². The fourth-order valence-corrected chi connectivity index (χ4v) is 2.03. The molecule has 1 amide bonds. The van der Waals surface area contributed by atoms with E-state index in [0.29, 0.717) is 5.84 Å². The van der Waals surface area contributed by atoms with E-state index in [1.807, 2.05) is 18.2 Å². The van der Waals surface area contributed by atoms with Crippen LogP contribution in [-0.4, -0.2) is 24.6 Å². The average molecular weight is 247 g/mol. The van der Waals surface area contributed by atoms with Crippen molar-refractivity contribution in [2.45, 2.75) is 25.8 Å². The Labute approximate surface area is 106 Å². The third-order valence-corrected chi connectivity index (χ3v) is 2.78. The number of hydrazine groups is 1. The van der Waals surface area contributed by atoms with Crippen LogP contribution in [0.25, 0.3) is 0 Å². The summed E-state index contributed by atoms with van der Waals surface area (Å²) >= 11 is 0. The lowest BCUT2D eigenvalue weighted by molar-refractivity contribution is 0.168. The Kier molecular flexibility index (Phi) is 3.23. The molecule has 2 N–H and O–H groups in total. The molecule has 0 aromatic heterocycles. The molecule has 0 spiro atoms. The van der Waals surface area contributed by atoms with Crippen molar-refractivity contribution in [2.24, 2.45) is 4.99 Å². The number of benzene rings is 1. The van der Waals surface area contributed by atoms with E-state index in [2.05, 4.69) is 40.5 Å². The van der Waals surface area contributed by atoms with Gasteiger partial charge in [-0.25, -0.2) is 10.2 Å². The number of amides is 1. The largest absolute Gasteiger partial charge is 0.452 e. The van der Waals surface area contributed by atoms with Crippen molar-refractivity contribution in [1.29, 1.82) is 0 Å². The Bertz CT molecular complexity index is 495. The molecule has 5 nitrogen and oxygen atoms in total. The van der Waals surface area contributed by atoms with Crippen molar-refractivity contribution < 1.29 is 9.53 Å². The first-order valence-electron chi connectivity index (χ1n) is 5.80. The zero-order valence-electron chi connectivity index (χ0n) is 10.8. The molecule has 1 heterocycles. The standard InChI is InChI=1S/C13H17N3O2/c1-13(2)8-9-6-4-5-7-10(9)11(14-13)15-16-12(17)18-3/h4-7H,8H2,1-3H3,(H,14,15)(H,16,17). The normalized spacial score (nSPS) is 16.3. The van der Waals surface area contributed by atoms with Gasteiger partial charge in [0, 0.05) is 5.56 Å². The van der Waals surface area contributed by atoms with Gasteiger partial charge in [-0.05, 0) is 25.8 Å². The average Bonchev–Trinajstić information content (AvgIpc) is 2.34. The maximum absolute atomic E-state index is 11.1. The van der Waals surface area contributed by atoms with E-state index in [1.165, 1.54) is 12.7 Å². The highest BCUT2D eigenvalue weighted by Gasteiger charge is 2.26. The van der Waals surface area contributed by atoms with Crippen LogP contribution >= 0.6 is 0 Å². The predicted molar refractivity (Wildman–Crippen MR) is 69.4 cm³/mol. The van der Waals surface area contributed by atoms with Gasteiger partial charge in [0.1, 0.15) is 5.84 Å². The number of carbonyl (C=O) groups is 1. The highest BCUT2D eigenvalue weighted by atomic mass is 16.5. The van der Waals surface area contributed by atoms with Gasteiger partial charge in [0.15, 0.2) is 0 Å². The number of nitrogens with one attached hydrogen (secondary N) is 2. The van der Waals surface area contributed by atoms with E-state index in [1.54, 1.807) is 0 Å². The zero-order chi connectivity index (χ0) is 13.2. The molecule has 0 unspecified atom stereocenters. The minimum atomic E-state index is -0.543.